The Hall–Kier alpha value is -2.48. The Bertz CT molecular complexity index is 1230. The van der Waals surface area contributed by atoms with E-state index in [0.717, 1.165) is 24.4 Å². The highest BCUT2D eigenvalue weighted by molar-refractivity contribution is 7.10. The molecule has 1 aromatic carbocycles. The molecule has 3 aromatic rings. The van der Waals surface area contributed by atoms with Crippen LogP contribution in [0.1, 0.15) is 52.0 Å². The molecule has 6 nitrogen and oxygen atoms in total. The van der Waals surface area contributed by atoms with Gasteiger partial charge >= 0.3 is 0 Å². The maximum atomic E-state index is 12.9. The van der Waals surface area contributed by atoms with Crippen molar-refractivity contribution in [2.24, 2.45) is 0 Å². The monoisotopic (exact) mass is 455 g/mol. The molecule has 2 aromatic heterocycles. The second kappa shape index (κ2) is 7.58. The summed E-state index contributed by atoms with van der Waals surface area (Å²) in [5.41, 5.74) is 2.53. The van der Waals surface area contributed by atoms with Crippen molar-refractivity contribution < 1.29 is 9.90 Å². The number of carbonyl (C=O) groups excluding carboxylic acids is 1. The summed E-state index contributed by atoms with van der Waals surface area (Å²) in [6.45, 7) is 2.62. The van der Waals surface area contributed by atoms with Gasteiger partial charge in [0.1, 0.15) is 5.82 Å². The van der Waals surface area contributed by atoms with Crippen LogP contribution in [0.5, 0.6) is 0 Å². The Labute approximate surface area is 188 Å². The number of hydrogen-bond donors (Lipinski definition) is 2. The topological polar surface area (TPSA) is 86.3 Å². The minimum atomic E-state index is -1.32. The van der Waals surface area contributed by atoms with Gasteiger partial charge in [0.2, 0.25) is 0 Å². The number of aromatic amines is 1. The second-order valence-electron chi connectivity index (χ2n) is 8.38. The highest BCUT2D eigenvalue weighted by Gasteiger charge is 2.49. The molecular weight excluding hydrogens is 434 g/mol. The Morgan fingerprint density at radius 1 is 1.35 bits per heavy atom. The molecule has 2 N–H and O–H groups in total. The maximum Gasteiger partial charge on any atom is 0.256 e. The molecule has 0 bridgehead atoms. The van der Waals surface area contributed by atoms with Gasteiger partial charge in [-0.05, 0) is 54.5 Å². The summed E-state index contributed by atoms with van der Waals surface area (Å²) in [5, 5.41) is 13.1. The molecule has 1 amide bonds. The fourth-order valence-electron chi connectivity index (χ4n) is 4.24. The molecule has 0 spiro atoms. The molecule has 0 unspecified atom stereocenters. The first kappa shape index (κ1) is 20.4. The maximum absolute atomic E-state index is 12.9. The van der Waals surface area contributed by atoms with E-state index in [1.54, 1.807) is 35.6 Å². The highest BCUT2D eigenvalue weighted by atomic mass is 35.5. The van der Waals surface area contributed by atoms with Crippen LogP contribution in [0, 0.1) is 6.92 Å². The molecule has 1 fully saturated rings. The van der Waals surface area contributed by atoms with Gasteiger partial charge in [0.15, 0.2) is 6.10 Å². The van der Waals surface area contributed by atoms with E-state index >= 15 is 0 Å². The molecule has 1 atom stereocenters. The van der Waals surface area contributed by atoms with Gasteiger partial charge < -0.3 is 15.0 Å². The molecule has 31 heavy (non-hydrogen) atoms. The number of nitrogens with one attached hydrogen (secondary N) is 1. The molecule has 1 aliphatic heterocycles. The van der Waals surface area contributed by atoms with Crippen molar-refractivity contribution in [3.05, 3.63) is 84.2 Å². The number of fused-ring (bicyclic) bond motifs is 1. The predicted octanol–water partition coefficient (Wildman–Crippen LogP) is 3.49. The van der Waals surface area contributed by atoms with E-state index in [-0.39, 0.29) is 17.5 Å². The normalized spacial score (nSPS) is 17.8. The number of aliphatic hydroxyl groups excluding tert-OH is 1. The summed E-state index contributed by atoms with van der Waals surface area (Å²) < 4.78 is 0. The van der Waals surface area contributed by atoms with Crippen molar-refractivity contribution in [3.63, 3.8) is 0 Å². The van der Waals surface area contributed by atoms with Crippen LogP contribution in [-0.2, 0) is 23.2 Å². The number of H-pyrrole nitrogens is 1. The summed E-state index contributed by atoms with van der Waals surface area (Å²) in [7, 11) is 0. The zero-order valence-corrected chi connectivity index (χ0v) is 18.6. The minimum absolute atomic E-state index is 0.138. The number of amides is 1. The summed E-state index contributed by atoms with van der Waals surface area (Å²) in [6, 6.07) is 8.79. The fraction of sp³-hybridized carbons (Fsp3) is 0.348. The Morgan fingerprint density at radius 2 is 2.16 bits per heavy atom. The third-order valence-electron chi connectivity index (χ3n) is 6.18. The number of nitrogens with zero attached hydrogens (tertiary/aromatic N) is 2. The number of carbonyl (C=O) groups is 1. The third kappa shape index (κ3) is 3.60. The number of aryl methyl sites for hydroxylation is 1. The fourth-order valence-corrected chi connectivity index (χ4v) is 5.60. The van der Waals surface area contributed by atoms with Crippen LogP contribution >= 0.6 is 22.9 Å². The van der Waals surface area contributed by atoms with E-state index in [4.69, 9.17) is 16.6 Å². The lowest BCUT2D eigenvalue weighted by molar-refractivity contribution is -0.141. The number of hydrogen-bond acceptors (Lipinski definition) is 5. The first-order chi connectivity index (χ1) is 14.9. The Balaban J connectivity index is 1.40. The molecule has 3 heterocycles. The van der Waals surface area contributed by atoms with Crippen molar-refractivity contribution in [2.45, 2.75) is 44.2 Å². The van der Waals surface area contributed by atoms with Crippen LogP contribution < -0.4 is 5.56 Å². The Morgan fingerprint density at radius 3 is 2.84 bits per heavy atom. The van der Waals surface area contributed by atoms with Crippen molar-refractivity contribution in [1.29, 1.82) is 0 Å². The molecule has 5 rings (SSSR count). The van der Waals surface area contributed by atoms with Crippen molar-refractivity contribution >= 4 is 28.8 Å². The zero-order chi connectivity index (χ0) is 21.8. The van der Waals surface area contributed by atoms with E-state index in [0.29, 0.717) is 29.1 Å². The van der Waals surface area contributed by atoms with Crippen LogP contribution in [0.25, 0.3) is 0 Å². The lowest BCUT2D eigenvalue weighted by atomic mass is 10.0. The van der Waals surface area contributed by atoms with Gasteiger partial charge in [-0.15, -0.1) is 11.3 Å². The van der Waals surface area contributed by atoms with Gasteiger partial charge in [0.25, 0.3) is 11.5 Å². The molecule has 8 heteroatoms. The summed E-state index contributed by atoms with van der Waals surface area (Å²) in [6.07, 6.45) is 1.12. The molecule has 0 saturated heterocycles. The highest BCUT2D eigenvalue weighted by Crippen LogP contribution is 2.53. The standard InChI is InChI=1S/C23H22ClN3O3S/c1-13-9-18(31-12-13)23(6-7-23)22-25-17-5-8-27(11-16(17)20(29)26-22)21(30)19(28)14-3-2-4-15(24)10-14/h2-4,9-10,12,19,28H,5-8,11H2,1H3,(H,25,26,29)/t19-/m1/s1. The summed E-state index contributed by atoms with van der Waals surface area (Å²) in [5.74, 6) is 0.293. The van der Waals surface area contributed by atoms with E-state index in [2.05, 4.69) is 23.4 Å². The van der Waals surface area contributed by atoms with Crippen LogP contribution in [0.4, 0.5) is 0 Å². The van der Waals surface area contributed by atoms with Crippen molar-refractivity contribution in [1.82, 2.24) is 14.9 Å². The smallest absolute Gasteiger partial charge is 0.256 e. The zero-order valence-electron chi connectivity index (χ0n) is 17.0. The third-order valence-corrected chi connectivity index (χ3v) is 7.67. The second-order valence-corrected chi connectivity index (χ2v) is 9.73. The quantitative estimate of drug-likeness (QED) is 0.630. The molecule has 160 valence electrons. The van der Waals surface area contributed by atoms with Crippen LogP contribution in [-0.4, -0.2) is 32.4 Å². The lowest BCUT2D eigenvalue weighted by Crippen LogP contribution is -2.42. The summed E-state index contributed by atoms with van der Waals surface area (Å²) in [4.78, 5) is 36.4. The summed E-state index contributed by atoms with van der Waals surface area (Å²) >= 11 is 7.69. The number of aromatic nitrogens is 2. The van der Waals surface area contributed by atoms with E-state index in [9.17, 15) is 14.7 Å². The predicted molar refractivity (Wildman–Crippen MR) is 119 cm³/mol. The van der Waals surface area contributed by atoms with Gasteiger partial charge in [0, 0.05) is 22.9 Å². The van der Waals surface area contributed by atoms with Gasteiger partial charge in [0.05, 0.1) is 23.2 Å². The van der Waals surface area contributed by atoms with Crippen molar-refractivity contribution in [3.8, 4) is 0 Å². The lowest BCUT2D eigenvalue weighted by Gasteiger charge is -2.30. The van der Waals surface area contributed by atoms with E-state index in [1.807, 2.05) is 0 Å². The number of rotatable bonds is 4. The van der Waals surface area contributed by atoms with Gasteiger partial charge in [-0.1, -0.05) is 23.7 Å². The van der Waals surface area contributed by atoms with E-state index in [1.165, 1.54) is 15.3 Å². The molecule has 1 aliphatic carbocycles. The molecular formula is C23H22ClN3O3S. The molecule has 1 saturated carbocycles. The first-order valence-corrected chi connectivity index (χ1v) is 11.5. The van der Waals surface area contributed by atoms with Gasteiger partial charge in [-0.25, -0.2) is 4.98 Å². The SMILES string of the molecule is Cc1csc(C2(c3nc4c(c(=O)[nH]3)CN(C(=O)[C@H](O)c3cccc(Cl)c3)CC4)CC2)c1. The molecule has 2 aliphatic rings. The number of halogens is 1. The van der Waals surface area contributed by atoms with Gasteiger partial charge in [-0.3, -0.25) is 9.59 Å². The van der Waals surface area contributed by atoms with Crippen LogP contribution in [0.3, 0.4) is 0 Å². The number of benzene rings is 1. The minimum Gasteiger partial charge on any atom is -0.378 e. The van der Waals surface area contributed by atoms with Crippen LogP contribution in [0.15, 0.2) is 40.5 Å². The number of aliphatic hydroxyl groups is 1. The first-order valence-electron chi connectivity index (χ1n) is 10.3. The average Bonchev–Trinajstić information content (AvgIpc) is 3.47. The number of thiophene rings is 1. The van der Waals surface area contributed by atoms with Gasteiger partial charge in [-0.2, -0.15) is 0 Å². The molecule has 0 radical (unpaired) electrons. The van der Waals surface area contributed by atoms with Crippen LogP contribution in [0.2, 0.25) is 5.02 Å². The van der Waals surface area contributed by atoms with Crippen molar-refractivity contribution in [2.75, 3.05) is 6.54 Å². The average molecular weight is 456 g/mol. The van der Waals surface area contributed by atoms with E-state index < -0.39 is 12.0 Å². The largest absolute Gasteiger partial charge is 0.378 e. The Kier molecular flexibility index (Phi) is 5.00.